The van der Waals surface area contributed by atoms with Gasteiger partial charge >= 0.3 is 0 Å². The van der Waals surface area contributed by atoms with Crippen molar-refractivity contribution in [2.24, 2.45) is 4.99 Å². The molecule has 2 aliphatic heterocycles. The number of amides is 1. The molecule has 1 aromatic heterocycles. The van der Waals surface area contributed by atoms with Crippen molar-refractivity contribution in [1.29, 1.82) is 0 Å². The second-order valence-corrected chi connectivity index (χ2v) is 5.69. The van der Waals surface area contributed by atoms with E-state index < -0.39 is 0 Å². The molecule has 1 atom stereocenters. The molecule has 0 saturated carbocycles. The summed E-state index contributed by atoms with van der Waals surface area (Å²) in [5.74, 6) is 0.772. The molecular weight excluding hydrogens is 290 g/mol. The average Bonchev–Trinajstić information content (AvgIpc) is 3.17. The van der Waals surface area contributed by atoms with E-state index in [1.54, 1.807) is 13.1 Å². The molecule has 1 amide bonds. The van der Waals surface area contributed by atoms with Gasteiger partial charge in [-0.25, -0.2) is 10.0 Å². The Balaban J connectivity index is 1.76. The van der Waals surface area contributed by atoms with Crippen molar-refractivity contribution in [3.05, 3.63) is 53.2 Å². The van der Waals surface area contributed by atoms with Gasteiger partial charge < -0.3 is 15.7 Å². The van der Waals surface area contributed by atoms with Crippen LogP contribution in [0.15, 0.2) is 47.1 Å². The van der Waals surface area contributed by atoms with Gasteiger partial charge in [-0.3, -0.25) is 4.79 Å². The Kier molecular flexibility index (Phi) is 3.06. The van der Waals surface area contributed by atoms with Gasteiger partial charge in [-0.1, -0.05) is 12.1 Å². The summed E-state index contributed by atoms with van der Waals surface area (Å²) in [6.07, 6.45) is 3.85. The Morgan fingerprint density at radius 2 is 2.22 bits per heavy atom. The maximum Gasteiger partial charge on any atom is 0.251 e. The van der Waals surface area contributed by atoms with Crippen LogP contribution in [0.3, 0.4) is 0 Å². The molecule has 1 aromatic carbocycles. The van der Waals surface area contributed by atoms with E-state index in [0.29, 0.717) is 5.56 Å². The van der Waals surface area contributed by atoms with Crippen molar-refractivity contribution >= 4 is 17.9 Å². The third-order valence-electron chi connectivity index (χ3n) is 4.26. The highest BCUT2D eigenvalue weighted by Gasteiger charge is 2.31. The minimum absolute atomic E-state index is 0.0915. The van der Waals surface area contributed by atoms with Gasteiger partial charge in [-0.15, -0.1) is 0 Å². The lowest BCUT2D eigenvalue weighted by atomic mass is 9.99. The normalized spacial score (nSPS) is 18.9. The first kappa shape index (κ1) is 13.8. The third-order valence-corrected chi connectivity index (χ3v) is 4.26. The number of hydrazine groups is 1. The summed E-state index contributed by atoms with van der Waals surface area (Å²) >= 11 is 0. The van der Waals surface area contributed by atoms with Crippen molar-refractivity contribution in [3.63, 3.8) is 0 Å². The van der Waals surface area contributed by atoms with Crippen LogP contribution in [0, 0.1) is 0 Å². The average molecular weight is 307 g/mol. The molecule has 0 bridgehead atoms. The van der Waals surface area contributed by atoms with Gasteiger partial charge in [0.25, 0.3) is 5.91 Å². The highest BCUT2D eigenvalue weighted by atomic mass is 16.1. The quantitative estimate of drug-likeness (QED) is 0.796. The first-order valence-electron chi connectivity index (χ1n) is 7.46. The van der Waals surface area contributed by atoms with E-state index in [0.717, 1.165) is 28.2 Å². The Morgan fingerprint density at radius 1 is 1.35 bits per heavy atom. The minimum atomic E-state index is -0.0915. The van der Waals surface area contributed by atoms with E-state index in [1.807, 2.05) is 37.7 Å². The number of fused-ring (bicyclic) bond motifs is 3. The van der Waals surface area contributed by atoms with E-state index in [2.05, 4.69) is 31.8 Å². The van der Waals surface area contributed by atoms with Gasteiger partial charge in [0.1, 0.15) is 5.82 Å². The van der Waals surface area contributed by atoms with Gasteiger partial charge in [0.2, 0.25) is 0 Å². The van der Waals surface area contributed by atoms with E-state index in [9.17, 15) is 4.79 Å². The number of aromatic amines is 1. The molecule has 1 unspecified atom stereocenters. The molecule has 0 radical (unpaired) electrons. The van der Waals surface area contributed by atoms with E-state index in [1.165, 1.54) is 0 Å². The third kappa shape index (κ3) is 2.15. The van der Waals surface area contributed by atoms with Crippen LogP contribution >= 0.6 is 0 Å². The fraction of sp³-hybridized carbons (Fsp3) is 0.176. The second-order valence-electron chi connectivity index (χ2n) is 5.69. The Bertz CT molecular complexity index is 848. The number of hydrogen-bond acceptors (Lipinski definition) is 4. The fourth-order valence-electron chi connectivity index (χ4n) is 3.09. The molecule has 0 aliphatic carbocycles. The van der Waals surface area contributed by atoms with Gasteiger partial charge in [0.05, 0.1) is 6.04 Å². The zero-order valence-electron chi connectivity index (χ0n) is 12.9. The molecule has 116 valence electrons. The number of benzene rings is 1. The molecule has 3 heterocycles. The predicted octanol–water partition coefficient (Wildman–Crippen LogP) is 2.13. The monoisotopic (exact) mass is 307 g/mol. The minimum Gasteiger partial charge on any atom is -0.355 e. The van der Waals surface area contributed by atoms with Crippen LogP contribution in [0.4, 0.5) is 5.82 Å². The standard InChI is InChI=1S/C17H17N5O/c1-18-17(23)11-5-3-4-10(6-11)14-7-13-15-12(9-20-22(15)2)8-19-16(13)21-14/h3-9,15,20-21H,1-2H3,(H,18,23). The molecular formula is C17H17N5O. The van der Waals surface area contributed by atoms with Gasteiger partial charge in [0, 0.05) is 48.9 Å². The smallest absolute Gasteiger partial charge is 0.251 e. The number of nitrogens with zero attached hydrogens (tertiary/aromatic N) is 2. The summed E-state index contributed by atoms with van der Waals surface area (Å²) < 4.78 is 0. The van der Waals surface area contributed by atoms with Gasteiger partial charge in [-0.2, -0.15) is 0 Å². The first-order valence-corrected chi connectivity index (χ1v) is 7.46. The molecule has 3 N–H and O–H groups in total. The maximum absolute atomic E-state index is 11.8. The molecule has 2 aromatic rings. The summed E-state index contributed by atoms with van der Waals surface area (Å²) in [4.78, 5) is 19.7. The van der Waals surface area contributed by atoms with Crippen LogP contribution in [0.5, 0.6) is 0 Å². The lowest BCUT2D eigenvalue weighted by Gasteiger charge is -2.23. The van der Waals surface area contributed by atoms with E-state index in [-0.39, 0.29) is 11.9 Å². The van der Waals surface area contributed by atoms with Crippen molar-refractivity contribution < 1.29 is 4.79 Å². The van der Waals surface area contributed by atoms with Crippen molar-refractivity contribution in [2.45, 2.75) is 6.04 Å². The SMILES string of the molecule is CNC(=O)c1cccc(-c2cc3c([nH]2)N=CC2=CNN(C)C23)c1. The van der Waals surface area contributed by atoms with Crippen LogP contribution < -0.4 is 10.7 Å². The van der Waals surface area contributed by atoms with Crippen molar-refractivity contribution in [2.75, 3.05) is 14.1 Å². The summed E-state index contributed by atoms with van der Waals surface area (Å²) in [7, 11) is 3.64. The van der Waals surface area contributed by atoms with Crippen molar-refractivity contribution in [3.8, 4) is 11.3 Å². The number of carbonyl (C=O) groups is 1. The second kappa shape index (κ2) is 5.10. The summed E-state index contributed by atoms with van der Waals surface area (Å²) in [5.41, 5.74) is 8.04. The lowest BCUT2D eigenvalue weighted by molar-refractivity contribution is 0.0963. The molecule has 4 rings (SSSR count). The molecule has 23 heavy (non-hydrogen) atoms. The summed E-state index contributed by atoms with van der Waals surface area (Å²) in [6, 6.07) is 9.83. The Morgan fingerprint density at radius 3 is 3.04 bits per heavy atom. The number of nitrogens with one attached hydrogen (secondary N) is 3. The van der Waals surface area contributed by atoms with E-state index >= 15 is 0 Å². The molecule has 0 spiro atoms. The van der Waals surface area contributed by atoms with Crippen LogP contribution in [0.2, 0.25) is 0 Å². The van der Waals surface area contributed by atoms with Gasteiger partial charge in [-0.05, 0) is 23.8 Å². The van der Waals surface area contributed by atoms with Gasteiger partial charge in [0.15, 0.2) is 0 Å². The zero-order chi connectivity index (χ0) is 16.0. The predicted molar refractivity (Wildman–Crippen MR) is 89.5 cm³/mol. The number of H-pyrrole nitrogens is 1. The Hall–Kier alpha value is -2.86. The maximum atomic E-state index is 11.8. The zero-order valence-corrected chi connectivity index (χ0v) is 12.9. The highest BCUT2D eigenvalue weighted by Crippen LogP contribution is 2.40. The lowest BCUT2D eigenvalue weighted by Crippen LogP contribution is -2.29. The van der Waals surface area contributed by atoms with Crippen molar-refractivity contribution in [1.82, 2.24) is 20.7 Å². The Labute approximate surface area is 133 Å². The number of aliphatic imine (C=N–C) groups is 1. The van der Waals surface area contributed by atoms with Crippen LogP contribution in [-0.4, -0.2) is 36.2 Å². The van der Waals surface area contributed by atoms with Crippen LogP contribution in [0.1, 0.15) is 22.0 Å². The summed E-state index contributed by atoms with van der Waals surface area (Å²) in [5, 5.41) is 4.70. The molecule has 2 aliphatic rings. The number of likely N-dealkylation sites (N-methyl/N-ethyl adjacent to an activating group) is 1. The molecule has 6 nitrogen and oxygen atoms in total. The van der Waals surface area contributed by atoms with Crippen LogP contribution in [-0.2, 0) is 0 Å². The molecule has 0 fully saturated rings. The first-order chi connectivity index (χ1) is 11.2. The number of rotatable bonds is 2. The number of carbonyl (C=O) groups excluding carboxylic acids is 1. The number of hydrogen-bond donors (Lipinski definition) is 3. The van der Waals surface area contributed by atoms with Crippen LogP contribution in [0.25, 0.3) is 11.3 Å². The number of aromatic nitrogens is 1. The highest BCUT2D eigenvalue weighted by molar-refractivity contribution is 5.95. The van der Waals surface area contributed by atoms with E-state index in [4.69, 9.17) is 0 Å². The molecule has 6 heteroatoms. The topological polar surface area (TPSA) is 72.5 Å². The largest absolute Gasteiger partial charge is 0.355 e. The molecule has 0 saturated heterocycles. The summed E-state index contributed by atoms with van der Waals surface area (Å²) in [6.45, 7) is 0. The fourth-order valence-corrected chi connectivity index (χ4v) is 3.09.